The lowest BCUT2D eigenvalue weighted by Gasteiger charge is -2.08. The second-order valence-electron chi connectivity index (χ2n) is 3.66. The summed E-state index contributed by atoms with van der Waals surface area (Å²) in [4.78, 5) is 3.44. The Morgan fingerprint density at radius 1 is 1.47 bits per heavy atom. The van der Waals surface area contributed by atoms with Gasteiger partial charge < -0.3 is 9.26 Å². The number of hydrogen-bond donors (Lipinski definition) is 1. The van der Waals surface area contributed by atoms with Crippen molar-refractivity contribution in [2.45, 2.75) is 18.4 Å². The monoisotopic (exact) mass is 287 g/mol. The second kappa shape index (κ2) is 4.94. The van der Waals surface area contributed by atoms with Crippen molar-refractivity contribution in [2.24, 2.45) is 5.14 Å². The predicted molar refractivity (Wildman–Crippen MR) is 61.1 cm³/mol. The molecule has 0 aliphatic heterocycles. The number of primary sulfonamides is 1. The van der Waals surface area contributed by atoms with E-state index in [1.165, 1.54) is 0 Å². The summed E-state index contributed by atoms with van der Waals surface area (Å²) in [6.45, 7) is 1.48. The number of aryl methyl sites for hydroxylation is 1. The standard InChI is InChI=1S/C10H10FN3O4S/c1-6-13-10(18-14-6)5-17-8-3-2-7(11)4-9(8)19(12,15)16/h2-4H,5H2,1H3,(H2,12,15,16). The number of rotatable bonds is 4. The average molecular weight is 287 g/mol. The van der Waals surface area contributed by atoms with Crippen LogP contribution in [0, 0.1) is 12.7 Å². The molecule has 2 N–H and O–H groups in total. The third-order valence-electron chi connectivity index (χ3n) is 2.13. The van der Waals surface area contributed by atoms with Gasteiger partial charge in [0.15, 0.2) is 12.4 Å². The largest absolute Gasteiger partial charge is 0.482 e. The number of nitrogens with two attached hydrogens (primary N) is 1. The Labute approximate surface area is 108 Å². The van der Waals surface area contributed by atoms with Crippen molar-refractivity contribution < 1.29 is 22.1 Å². The van der Waals surface area contributed by atoms with Crippen LogP contribution in [-0.2, 0) is 16.6 Å². The zero-order valence-corrected chi connectivity index (χ0v) is 10.6. The van der Waals surface area contributed by atoms with Crippen molar-refractivity contribution in [3.63, 3.8) is 0 Å². The Morgan fingerprint density at radius 3 is 2.79 bits per heavy atom. The topological polar surface area (TPSA) is 108 Å². The Morgan fingerprint density at radius 2 is 2.21 bits per heavy atom. The molecule has 0 bridgehead atoms. The third kappa shape index (κ3) is 3.26. The normalized spacial score (nSPS) is 11.5. The fraction of sp³-hybridized carbons (Fsp3) is 0.200. The van der Waals surface area contributed by atoms with E-state index >= 15 is 0 Å². The summed E-state index contributed by atoms with van der Waals surface area (Å²) in [6, 6.07) is 3.01. The molecule has 0 unspecified atom stereocenters. The number of benzene rings is 1. The SMILES string of the molecule is Cc1noc(COc2ccc(F)cc2S(N)(=O)=O)n1. The average Bonchev–Trinajstić information content (AvgIpc) is 2.72. The van der Waals surface area contributed by atoms with E-state index in [0.717, 1.165) is 18.2 Å². The molecule has 0 radical (unpaired) electrons. The highest BCUT2D eigenvalue weighted by atomic mass is 32.2. The van der Waals surface area contributed by atoms with Gasteiger partial charge in [-0.3, -0.25) is 0 Å². The van der Waals surface area contributed by atoms with Gasteiger partial charge in [0.1, 0.15) is 16.5 Å². The van der Waals surface area contributed by atoms with Gasteiger partial charge in [0.25, 0.3) is 5.89 Å². The quantitative estimate of drug-likeness (QED) is 0.888. The molecule has 19 heavy (non-hydrogen) atoms. The first-order valence-corrected chi connectivity index (χ1v) is 6.65. The number of halogens is 1. The van der Waals surface area contributed by atoms with Crippen LogP contribution in [0.15, 0.2) is 27.6 Å². The van der Waals surface area contributed by atoms with Crippen molar-refractivity contribution in [3.05, 3.63) is 35.7 Å². The van der Waals surface area contributed by atoms with Crippen LogP contribution < -0.4 is 9.88 Å². The maximum absolute atomic E-state index is 13.0. The molecule has 0 fully saturated rings. The number of nitrogens with zero attached hydrogens (tertiary/aromatic N) is 2. The van der Waals surface area contributed by atoms with E-state index < -0.39 is 20.7 Å². The van der Waals surface area contributed by atoms with E-state index in [-0.39, 0.29) is 18.2 Å². The van der Waals surface area contributed by atoms with Gasteiger partial charge in [-0.05, 0) is 25.1 Å². The van der Waals surface area contributed by atoms with Crippen LogP contribution in [0.3, 0.4) is 0 Å². The van der Waals surface area contributed by atoms with Crippen LogP contribution >= 0.6 is 0 Å². The molecule has 1 aromatic heterocycles. The summed E-state index contributed by atoms with van der Waals surface area (Å²) < 4.78 is 45.6. The molecule has 1 aromatic carbocycles. The highest BCUT2D eigenvalue weighted by Gasteiger charge is 2.17. The van der Waals surface area contributed by atoms with Gasteiger partial charge in [-0.1, -0.05) is 5.16 Å². The van der Waals surface area contributed by atoms with Gasteiger partial charge in [-0.25, -0.2) is 17.9 Å². The van der Waals surface area contributed by atoms with E-state index in [1.54, 1.807) is 6.92 Å². The van der Waals surface area contributed by atoms with Crippen LogP contribution in [0.4, 0.5) is 4.39 Å². The van der Waals surface area contributed by atoms with Crippen LogP contribution in [0.1, 0.15) is 11.7 Å². The zero-order valence-electron chi connectivity index (χ0n) is 9.83. The molecule has 0 atom stereocenters. The Kier molecular flexibility index (Phi) is 3.49. The van der Waals surface area contributed by atoms with Crippen molar-refractivity contribution >= 4 is 10.0 Å². The number of aromatic nitrogens is 2. The third-order valence-corrected chi connectivity index (χ3v) is 3.07. The number of hydrogen-bond acceptors (Lipinski definition) is 6. The van der Waals surface area contributed by atoms with Crippen LogP contribution in [0.5, 0.6) is 5.75 Å². The molecule has 0 amide bonds. The highest BCUT2D eigenvalue weighted by Crippen LogP contribution is 2.24. The summed E-state index contributed by atoms with van der Waals surface area (Å²) in [7, 11) is -4.09. The first kappa shape index (κ1) is 13.4. The van der Waals surface area contributed by atoms with Gasteiger partial charge in [0, 0.05) is 0 Å². The van der Waals surface area contributed by atoms with E-state index in [0.29, 0.717) is 5.82 Å². The van der Waals surface area contributed by atoms with E-state index in [4.69, 9.17) is 14.4 Å². The Hall–Kier alpha value is -2.00. The van der Waals surface area contributed by atoms with E-state index in [2.05, 4.69) is 10.1 Å². The first-order chi connectivity index (χ1) is 8.86. The van der Waals surface area contributed by atoms with Crippen LogP contribution in [0.2, 0.25) is 0 Å². The minimum atomic E-state index is -4.09. The van der Waals surface area contributed by atoms with Gasteiger partial charge >= 0.3 is 0 Å². The molecule has 1 heterocycles. The molecule has 9 heteroatoms. The number of ether oxygens (including phenoxy) is 1. The fourth-order valence-corrected chi connectivity index (χ4v) is 2.05. The zero-order chi connectivity index (χ0) is 14.0. The summed E-state index contributed by atoms with van der Waals surface area (Å²) in [5, 5.41) is 8.52. The van der Waals surface area contributed by atoms with Crippen LogP contribution in [-0.4, -0.2) is 18.6 Å². The molecular formula is C10H10FN3O4S. The molecule has 2 aromatic rings. The van der Waals surface area contributed by atoms with Crippen molar-refractivity contribution in [3.8, 4) is 5.75 Å². The predicted octanol–water partition coefficient (Wildman–Crippen LogP) is 0.744. The molecule has 102 valence electrons. The lowest BCUT2D eigenvalue weighted by molar-refractivity contribution is 0.237. The molecular weight excluding hydrogens is 277 g/mol. The second-order valence-corrected chi connectivity index (χ2v) is 5.19. The minimum absolute atomic E-state index is 0.0836. The Balaban J connectivity index is 2.25. The van der Waals surface area contributed by atoms with Crippen molar-refractivity contribution in [1.82, 2.24) is 10.1 Å². The van der Waals surface area contributed by atoms with E-state index in [9.17, 15) is 12.8 Å². The fourth-order valence-electron chi connectivity index (χ4n) is 1.36. The molecule has 2 rings (SSSR count). The van der Waals surface area contributed by atoms with Crippen LogP contribution in [0.25, 0.3) is 0 Å². The van der Waals surface area contributed by atoms with Gasteiger partial charge in [-0.15, -0.1) is 0 Å². The molecule has 7 nitrogen and oxygen atoms in total. The summed E-state index contributed by atoms with van der Waals surface area (Å²) in [6.07, 6.45) is 0. The Bertz CT molecular complexity index is 699. The van der Waals surface area contributed by atoms with E-state index in [1.807, 2.05) is 0 Å². The highest BCUT2D eigenvalue weighted by molar-refractivity contribution is 7.89. The molecule has 0 saturated heterocycles. The van der Waals surface area contributed by atoms with Gasteiger partial charge in [0.05, 0.1) is 0 Å². The lowest BCUT2D eigenvalue weighted by Crippen LogP contribution is -2.14. The lowest BCUT2D eigenvalue weighted by atomic mass is 10.3. The molecule has 0 aliphatic carbocycles. The maximum Gasteiger partial charge on any atom is 0.264 e. The first-order valence-electron chi connectivity index (χ1n) is 5.10. The van der Waals surface area contributed by atoms with Gasteiger partial charge in [-0.2, -0.15) is 4.98 Å². The van der Waals surface area contributed by atoms with Crippen molar-refractivity contribution in [1.29, 1.82) is 0 Å². The van der Waals surface area contributed by atoms with Gasteiger partial charge in [0.2, 0.25) is 10.0 Å². The summed E-state index contributed by atoms with van der Waals surface area (Å²) >= 11 is 0. The summed E-state index contributed by atoms with van der Waals surface area (Å²) in [5.74, 6) is -0.226. The smallest absolute Gasteiger partial charge is 0.264 e. The number of sulfonamides is 1. The molecule has 0 aliphatic rings. The molecule has 0 saturated carbocycles. The van der Waals surface area contributed by atoms with Crippen molar-refractivity contribution in [2.75, 3.05) is 0 Å². The summed E-state index contributed by atoms with van der Waals surface area (Å²) in [5.41, 5.74) is 0. The minimum Gasteiger partial charge on any atom is -0.482 e. The molecule has 0 spiro atoms. The maximum atomic E-state index is 13.0.